The van der Waals surface area contributed by atoms with Crippen LogP contribution in [0.2, 0.25) is 0 Å². The van der Waals surface area contributed by atoms with Crippen LogP contribution in [0.3, 0.4) is 0 Å². The molecule has 1 atom stereocenters. The van der Waals surface area contributed by atoms with Crippen LogP contribution in [-0.2, 0) is 7.05 Å². The summed E-state index contributed by atoms with van der Waals surface area (Å²) in [6, 6.07) is 22.9. The van der Waals surface area contributed by atoms with Gasteiger partial charge in [-0.3, -0.25) is 0 Å². The molecule has 4 rings (SSSR count). The summed E-state index contributed by atoms with van der Waals surface area (Å²) in [5.74, 6) is 1.45. The summed E-state index contributed by atoms with van der Waals surface area (Å²) in [6.45, 7) is 4.24. The van der Waals surface area contributed by atoms with Crippen molar-refractivity contribution in [1.82, 2.24) is 14.5 Å². The lowest BCUT2D eigenvalue weighted by Crippen LogP contribution is -2.28. The van der Waals surface area contributed by atoms with Crippen LogP contribution in [0.4, 0.5) is 5.82 Å². The number of fused-ring (bicyclic) bond motifs is 1. The Morgan fingerprint density at radius 2 is 1.86 bits per heavy atom. The molecule has 4 aromatic rings. The van der Waals surface area contributed by atoms with E-state index in [0.29, 0.717) is 5.82 Å². The van der Waals surface area contributed by atoms with Crippen molar-refractivity contribution in [2.75, 3.05) is 11.4 Å². The van der Waals surface area contributed by atoms with Gasteiger partial charge in [-0.05, 0) is 36.9 Å². The first kappa shape index (κ1) is 18.7. The third kappa shape index (κ3) is 3.70. The minimum Gasteiger partial charge on any atom is -0.351 e. The standard InChI is InChI=1S/C24H23N5/c1-17(19-7-5-4-6-8-19)29(14-12-25)24-16-22(26-18(2)27-24)21-10-9-20-11-13-28(3)23(20)15-21/h4-11,13,15-17H,14H2,1-3H3. The average Bonchev–Trinajstić information content (AvgIpc) is 3.12. The molecule has 2 aromatic heterocycles. The van der Waals surface area contributed by atoms with E-state index in [1.165, 1.54) is 5.39 Å². The summed E-state index contributed by atoms with van der Waals surface area (Å²) in [5.41, 5.74) is 4.20. The number of nitriles is 1. The molecule has 0 saturated heterocycles. The van der Waals surface area contributed by atoms with E-state index in [1.807, 2.05) is 43.1 Å². The maximum atomic E-state index is 9.44. The second-order valence-corrected chi connectivity index (χ2v) is 7.23. The highest BCUT2D eigenvalue weighted by molar-refractivity contribution is 5.85. The van der Waals surface area contributed by atoms with Crippen molar-refractivity contribution in [3.8, 4) is 17.3 Å². The van der Waals surface area contributed by atoms with Gasteiger partial charge in [-0.2, -0.15) is 5.26 Å². The zero-order chi connectivity index (χ0) is 20.4. The third-order valence-corrected chi connectivity index (χ3v) is 5.29. The molecule has 5 heteroatoms. The van der Waals surface area contributed by atoms with Crippen molar-refractivity contribution in [3.63, 3.8) is 0 Å². The Morgan fingerprint density at radius 3 is 2.62 bits per heavy atom. The number of anilines is 1. The van der Waals surface area contributed by atoms with Crippen LogP contribution in [0.25, 0.3) is 22.2 Å². The maximum absolute atomic E-state index is 9.44. The van der Waals surface area contributed by atoms with Crippen LogP contribution in [-0.4, -0.2) is 21.1 Å². The second kappa shape index (κ2) is 7.76. The molecule has 0 spiro atoms. The summed E-state index contributed by atoms with van der Waals surface area (Å²) < 4.78 is 2.10. The van der Waals surface area contributed by atoms with Gasteiger partial charge in [0.2, 0.25) is 0 Å². The lowest BCUT2D eigenvalue weighted by molar-refractivity contribution is 0.698. The van der Waals surface area contributed by atoms with E-state index in [9.17, 15) is 5.26 Å². The Hall–Kier alpha value is -3.65. The molecule has 0 amide bonds. The van der Waals surface area contributed by atoms with E-state index in [-0.39, 0.29) is 12.6 Å². The lowest BCUT2D eigenvalue weighted by atomic mass is 10.1. The van der Waals surface area contributed by atoms with Crippen molar-refractivity contribution < 1.29 is 0 Å². The largest absolute Gasteiger partial charge is 0.351 e. The Balaban J connectivity index is 1.78. The topological polar surface area (TPSA) is 57.7 Å². The number of hydrogen-bond donors (Lipinski definition) is 0. The molecule has 0 fully saturated rings. The van der Waals surface area contributed by atoms with Gasteiger partial charge < -0.3 is 9.47 Å². The van der Waals surface area contributed by atoms with E-state index >= 15 is 0 Å². The van der Waals surface area contributed by atoms with Gasteiger partial charge in [0.05, 0.1) is 17.8 Å². The highest BCUT2D eigenvalue weighted by atomic mass is 15.2. The Kier molecular flexibility index (Phi) is 5.01. The Morgan fingerprint density at radius 1 is 1.07 bits per heavy atom. The minimum atomic E-state index is 0.0216. The van der Waals surface area contributed by atoms with Crippen LogP contribution in [0, 0.1) is 18.3 Å². The smallest absolute Gasteiger partial charge is 0.134 e. The molecule has 1 unspecified atom stereocenters. The molecule has 0 aliphatic carbocycles. The van der Waals surface area contributed by atoms with Gasteiger partial charge in [0.15, 0.2) is 0 Å². The summed E-state index contributed by atoms with van der Waals surface area (Å²) in [5, 5.41) is 10.6. The number of benzene rings is 2. The van der Waals surface area contributed by atoms with Crippen LogP contribution in [0.5, 0.6) is 0 Å². The molecule has 2 aromatic carbocycles. The van der Waals surface area contributed by atoms with Crippen LogP contribution >= 0.6 is 0 Å². The SMILES string of the molecule is Cc1nc(-c2ccc3ccn(C)c3c2)cc(N(CC#N)C(C)c2ccccc2)n1. The molecule has 0 radical (unpaired) electrons. The van der Waals surface area contributed by atoms with E-state index in [0.717, 1.165) is 28.2 Å². The molecule has 2 heterocycles. The zero-order valence-corrected chi connectivity index (χ0v) is 16.9. The van der Waals surface area contributed by atoms with Gasteiger partial charge in [0.25, 0.3) is 0 Å². The first-order chi connectivity index (χ1) is 14.1. The minimum absolute atomic E-state index is 0.0216. The van der Waals surface area contributed by atoms with Gasteiger partial charge in [-0.1, -0.05) is 42.5 Å². The highest BCUT2D eigenvalue weighted by Gasteiger charge is 2.19. The molecule has 29 heavy (non-hydrogen) atoms. The molecule has 0 bridgehead atoms. The maximum Gasteiger partial charge on any atom is 0.134 e. The number of aromatic nitrogens is 3. The first-order valence-corrected chi connectivity index (χ1v) is 9.66. The Bertz CT molecular complexity index is 1190. The number of rotatable bonds is 5. The molecule has 0 N–H and O–H groups in total. The van der Waals surface area contributed by atoms with Crippen LogP contribution in [0.15, 0.2) is 66.9 Å². The summed E-state index contributed by atoms with van der Waals surface area (Å²) in [6.07, 6.45) is 2.06. The van der Waals surface area contributed by atoms with Crippen molar-refractivity contribution in [3.05, 3.63) is 78.2 Å². The van der Waals surface area contributed by atoms with E-state index < -0.39 is 0 Å². The van der Waals surface area contributed by atoms with Crippen molar-refractivity contribution in [2.24, 2.45) is 7.05 Å². The fraction of sp³-hybridized carbons (Fsp3) is 0.208. The third-order valence-electron chi connectivity index (χ3n) is 5.29. The van der Waals surface area contributed by atoms with Crippen LogP contribution < -0.4 is 4.90 Å². The Labute approximate surface area is 170 Å². The fourth-order valence-corrected chi connectivity index (χ4v) is 3.67. The molecule has 5 nitrogen and oxygen atoms in total. The quantitative estimate of drug-likeness (QED) is 0.455. The van der Waals surface area contributed by atoms with Crippen molar-refractivity contribution in [1.29, 1.82) is 5.26 Å². The number of aryl methyl sites for hydroxylation is 2. The first-order valence-electron chi connectivity index (χ1n) is 9.66. The fourth-order valence-electron chi connectivity index (χ4n) is 3.67. The van der Waals surface area contributed by atoms with Gasteiger partial charge in [0.1, 0.15) is 18.2 Å². The number of hydrogen-bond acceptors (Lipinski definition) is 4. The molecular weight excluding hydrogens is 358 g/mol. The highest BCUT2D eigenvalue weighted by Crippen LogP contribution is 2.29. The number of nitrogens with zero attached hydrogens (tertiary/aromatic N) is 5. The van der Waals surface area contributed by atoms with Gasteiger partial charge >= 0.3 is 0 Å². The predicted octanol–water partition coefficient (Wildman–Crippen LogP) is 5.03. The summed E-state index contributed by atoms with van der Waals surface area (Å²) >= 11 is 0. The van der Waals surface area contributed by atoms with Crippen molar-refractivity contribution >= 4 is 16.7 Å². The second-order valence-electron chi connectivity index (χ2n) is 7.23. The zero-order valence-electron chi connectivity index (χ0n) is 16.9. The predicted molar refractivity (Wildman–Crippen MR) is 116 cm³/mol. The molecule has 144 valence electrons. The van der Waals surface area contributed by atoms with Crippen molar-refractivity contribution in [2.45, 2.75) is 19.9 Å². The van der Waals surface area contributed by atoms with Crippen LogP contribution in [0.1, 0.15) is 24.4 Å². The van der Waals surface area contributed by atoms with Gasteiger partial charge in [0, 0.05) is 30.4 Å². The summed E-state index contributed by atoms with van der Waals surface area (Å²) in [7, 11) is 2.04. The average molecular weight is 381 g/mol. The molecular formula is C24H23N5. The van der Waals surface area contributed by atoms with Gasteiger partial charge in [-0.25, -0.2) is 9.97 Å². The van der Waals surface area contributed by atoms with E-state index in [2.05, 4.69) is 70.1 Å². The molecule has 0 aliphatic rings. The molecule has 0 saturated carbocycles. The lowest BCUT2D eigenvalue weighted by Gasteiger charge is -2.28. The molecule has 0 aliphatic heterocycles. The monoisotopic (exact) mass is 381 g/mol. The van der Waals surface area contributed by atoms with Gasteiger partial charge in [-0.15, -0.1) is 0 Å². The normalized spacial score (nSPS) is 11.9. The van der Waals surface area contributed by atoms with E-state index in [4.69, 9.17) is 0 Å². The summed E-state index contributed by atoms with van der Waals surface area (Å²) in [4.78, 5) is 11.3. The van der Waals surface area contributed by atoms with E-state index in [1.54, 1.807) is 0 Å².